The minimum atomic E-state index is 0.0272. The summed E-state index contributed by atoms with van der Waals surface area (Å²) in [6, 6.07) is 5.23. The lowest BCUT2D eigenvalue weighted by atomic mass is 10.0. The highest BCUT2D eigenvalue weighted by molar-refractivity contribution is 6.01. The third kappa shape index (κ3) is 2.86. The molecule has 3 heteroatoms. The number of para-hydroxylation sites is 1. The van der Waals surface area contributed by atoms with E-state index in [1.165, 1.54) is 7.11 Å². The fourth-order valence-electron chi connectivity index (χ4n) is 1.43. The standard InChI is InChI=1S/C13H17NO2/c1-9(2)7-8-11(15)10-5-4-6-12(16-3)13(10)14/h4-6H,1,7-8,14H2,2-3H3. The van der Waals surface area contributed by atoms with E-state index in [0.29, 0.717) is 29.8 Å². The number of benzene rings is 1. The minimum Gasteiger partial charge on any atom is -0.495 e. The van der Waals surface area contributed by atoms with Gasteiger partial charge >= 0.3 is 0 Å². The van der Waals surface area contributed by atoms with E-state index >= 15 is 0 Å². The van der Waals surface area contributed by atoms with Crippen LogP contribution in [-0.2, 0) is 0 Å². The largest absolute Gasteiger partial charge is 0.495 e. The van der Waals surface area contributed by atoms with Crippen molar-refractivity contribution in [1.82, 2.24) is 0 Å². The Hall–Kier alpha value is -1.77. The number of rotatable bonds is 5. The Morgan fingerprint density at radius 2 is 2.12 bits per heavy atom. The lowest BCUT2D eigenvalue weighted by Crippen LogP contribution is -2.05. The van der Waals surface area contributed by atoms with E-state index in [1.807, 2.05) is 6.92 Å². The molecule has 0 amide bonds. The number of Topliss-reactive ketones (excluding diaryl/α,β-unsaturated/α-hetero) is 1. The predicted octanol–water partition coefficient (Wildman–Crippen LogP) is 2.82. The Morgan fingerprint density at radius 1 is 1.44 bits per heavy atom. The highest BCUT2D eigenvalue weighted by atomic mass is 16.5. The van der Waals surface area contributed by atoms with Crippen LogP contribution in [0.25, 0.3) is 0 Å². The fraction of sp³-hybridized carbons (Fsp3) is 0.308. The smallest absolute Gasteiger partial charge is 0.165 e. The second kappa shape index (κ2) is 5.35. The first-order valence-electron chi connectivity index (χ1n) is 5.16. The van der Waals surface area contributed by atoms with E-state index in [2.05, 4.69) is 6.58 Å². The van der Waals surface area contributed by atoms with Crippen molar-refractivity contribution in [1.29, 1.82) is 0 Å². The minimum absolute atomic E-state index is 0.0272. The van der Waals surface area contributed by atoms with E-state index in [-0.39, 0.29) is 5.78 Å². The molecule has 0 aliphatic rings. The Kier molecular flexibility index (Phi) is 4.11. The van der Waals surface area contributed by atoms with Crippen LogP contribution in [0.15, 0.2) is 30.4 Å². The molecule has 0 radical (unpaired) electrons. The lowest BCUT2D eigenvalue weighted by molar-refractivity contribution is 0.0983. The molecular weight excluding hydrogens is 202 g/mol. The van der Waals surface area contributed by atoms with E-state index in [0.717, 1.165) is 5.57 Å². The zero-order valence-electron chi connectivity index (χ0n) is 9.75. The summed E-state index contributed by atoms with van der Waals surface area (Å²) < 4.78 is 5.07. The normalized spacial score (nSPS) is 9.88. The van der Waals surface area contributed by atoms with Gasteiger partial charge in [0.25, 0.3) is 0 Å². The Morgan fingerprint density at radius 3 is 2.69 bits per heavy atom. The van der Waals surface area contributed by atoms with E-state index in [4.69, 9.17) is 10.5 Å². The lowest BCUT2D eigenvalue weighted by Gasteiger charge is -2.08. The average Bonchev–Trinajstić information content (AvgIpc) is 2.26. The first kappa shape index (κ1) is 12.3. The van der Waals surface area contributed by atoms with Crippen LogP contribution >= 0.6 is 0 Å². The molecule has 0 saturated heterocycles. The molecule has 3 nitrogen and oxygen atoms in total. The van der Waals surface area contributed by atoms with Gasteiger partial charge < -0.3 is 10.5 Å². The number of carbonyl (C=O) groups excluding carboxylic acids is 1. The number of nitrogens with two attached hydrogens (primary N) is 1. The fourth-order valence-corrected chi connectivity index (χ4v) is 1.43. The zero-order valence-corrected chi connectivity index (χ0v) is 9.75. The van der Waals surface area contributed by atoms with Gasteiger partial charge in [-0.15, -0.1) is 6.58 Å². The molecule has 0 unspecified atom stereocenters. The quantitative estimate of drug-likeness (QED) is 0.470. The molecule has 0 bridgehead atoms. The number of hydrogen-bond acceptors (Lipinski definition) is 3. The van der Waals surface area contributed by atoms with Gasteiger partial charge in [0.2, 0.25) is 0 Å². The van der Waals surface area contributed by atoms with E-state index < -0.39 is 0 Å². The van der Waals surface area contributed by atoms with Gasteiger partial charge in [-0.05, 0) is 25.5 Å². The zero-order chi connectivity index (χ0) is 12.1. The molecule has 0 fully saturated rings. The number of allylic oxidation sites excluding steroid dienone is 1. The van der Waals surface area contributed by atoms with Gasteiger partial charge in [-0.1, -0.05) is 11.6 Å². The summed E-state index contributed by atoms with van der Waals surface area (Å²) in [7, 11) is 1.54. The van der Waals surface area contributed by atoms with Gasteiger partial charge in [0, 0.05) is 12.0 Å². The van der Waals surface area contributed by atoms with Crippen LogP contribution in [0, 0.1) is 0 Å². The van der Waals surface area contributed by atoms with Gasteiger partial charge in [-0.2, -0.15) is 0 Å². The number of carbonyl (C=O) groups is 1. The summed E-state index contributed by atoms with van der Waals surface area (Å²) in [5.41, 5.74) is 7.77. The highest BCUT2D eigenvalue weighted by Gasteiger charge is 2.12. The molecule has 0 aliphatic heterocycles. The maximum atomic E-state index is 11.9. The van der Waals surface area contributed by atoms with Gasteiger partial charge in [0.05, 0.1) is 12.8 Å². The molecular formula is C13H17NO2. The number of anilines is 1. The van der Waals surface area contributed by atoms with Gasteiger partial charge in [0.15, 0.2) is 5.78 Å². The number of hydrogen-bond donors (Lipinski definition) is 1. The molecule has 16 heavy (non-hydrogen) atoms. The van der Waals surface area contributed by atoms with Crippen molar-refractivity contribution in [3.05, 3.63) is 35.9 Å². The molecule has 1 aromatic rings. The Bertz CT molecular complexity index is 410. The molecule has 0 saturated carbocycles. The Balaban J connectivity index is 2.87. The maximum absolute atomic E-state index is 11.9. The third-order valence-corrected chi connectivity index (χ3v) is 2.37. The van der Waals surface area contributed by atoms with E-state index in [9.17, 15) is 4.79 Å². The molecule has 1 aromatic carbocycles. The summed E-state index contributed by atoms with van der Waals surface area (Å²) in [6.45, 7) is 5.67. The number of nitrogen functional groups attached to an aromatic ring is 1. The van der Waals surface area contributed by atoms with Crippen LogP contribution in [0.4, 0.5) is 5.69 Å². The second-order valence-electron chi connectivity index (χ2n) is 3.80. The van der Waals surface area contributed by atoms with Crippen LogP contribution in [0.2, 0.25) is 0 Å². The first-order valence-corrected chi connectivity index (χ1v) is 5.16. The Labute approximate surface area is 95.9 Å². The van der Waals surface area contributed by atoms with Crippen LogP contribution in [-0.4, -0.2) is 12.9 Å². The van der Waals surface area contributed by atoms with Gasteiger partial charge in [-0.25, -0.2) is 0 Å². The van der Waals surface area contributed by atoms with Crippen molar-refractivity contribution in [2.75, 3.05) is 12.8 Å². The molecule has 0 spiro atoms. The van der Waals surface area contributed by atoms with Crippen molar-refractivity contribution in [2.24, 2.45) is 0 Å². The van der Waals surface area contributed by atoms with Crippen molar-refractivity contribution in [2.45, 2.75) is 19.8 Å². The summed E-state index contributed by atoms with van der Waals surface area (Å²) in [4.78, 5) is 11.9. The average molecular weight is 219 g/mol. The SMILES string of the molecule is C=C(C)CCC(=O)c1cccc(OC)c1N. The molecule has 0 aromatic heterocycles. The molecule has 0 atom stereocenters. The topological polar surface area (TPSA) is 52.3 Å². The van der Waals surface area contributed by atoms with Crippen LogP contribution in [0.5, 0.6) is 5.75 Å². The summed E-state index contributed by atoms with van der Waals surface area (Å²) in [5.74, 6) is 0.570. The molecule has 0 heterocycles. The molecule has 0 aliphatic carbocycles. The third-order valence-electron chi connectivity index (χ3n) is 2.37. The maximum Gasteiger partial charge on any atom is 0.165 e. The molecule has 86 valence electrons. The van der Waals surface area contributed by atoms with Crippen molar-refractivity contribution in [3.63, 3.8) is 0 Å². The first-order chi connectivity index (χ1) is 7.56. The van der Waals surface area contributed by atoms with E-state index in [1.54, 1.807) is 18.2 Å². The molecule has 2 N–H and O–H groups in total. The number of ketones is 1. The van der Waals surface area contributed by atoms with Gasteiger partial charge in [0.1, 0.15) is 5.75 Å². The summed E-state index contributed by atoms with van der Waals surface area (Å²) in [5, 5.41) is 0. The van der Waals surface area contributed by atoms with Crippen molar-refractivity contribution < 1.29 is 9.53 Å². The monoisotopic (exact) mass is 219 g/mol. The van der Waals surface area contributed by atoms with Crippen LogP contribution in [0.3, 0.4) is 0 Å². The van der Waals surface area contributed by atoms with Crippen LogP contribution < -0.4 is 10.5 Å². The molecule has 1 rings (SSSR count). The highest BCUT2D eigenvalue weighted by Crippen LogP contribution is 2.26. The second-order valence-corrected chi connectivity index (χ2v) is 3.80. The number of ether oxygens (including phenoxy) is 1. The van der Waals surface area contributed by atoms with Crippen LogP contribution in [0.1, 0.15) is 30.1 Å². The number of methoxy groups -OCH3 is 1. The summed E-state index contributed by atoms with van der Waals surface area (Å²) >= 11 is 0. The van der Waals surface area contributed by atoms with Crippen molar-refractivity contribution >= 4 is 11.5 Å². The van der Waals surface area contributed by atoms with Gasteiger partial charge in [-0.3, -0.25) is 4.79 Å². The predicted molar refractivity (Wildman–Crippen MR) is 65.8 cm³/mol. The summed E-state index contributed by atoms with van der Waals surface area (Å²) in [6.07, 6.45) is 1.13. The van der Waals surface area contributed by atoms with Crippen molar-refractivity contribution in [3.8, 4) is 5.75 Å².